The molecule has 0 spiro atoms. The largest absolute Gasteiger partial charge is 0.394 e. The van der Waals surface area contributed by atoms with E-state index in [1.807, 2.05) is 0 Å². The molecule has 0 amide bonds. The Balaban J connectivity index is 1.39. The molecule has 0 saturated carbocycles. The molecule has 0 bridgehead atoms. The van der Waals surface area contributed by atoms with Crippen LogP contribution in [0.1, 0.15) is 13.8 Å². The summed E-state index contributed by atoms with van der Waals surface area (Å²) in [6, 6.07) is 0. The van der Waals surface area contributed by atoms with Gasteiger partial charge in [-0.3, -0.25) is 0 Å². The molecule has 4 heterocycles. The van der Waals surface area contributed by atoms with Gasteiger partial charge < -0.3 is 124 Å². The fourth-order valence-electron chi connectivity index (χ4n) is 6.80. The summed E-state index contributed by atoms with van der Waals surface area (Å²) >= 11 is 0. The summed E-state index contributed by atoms with van der Waals surface area (Å²) in [4.78, 5) is 0. The minimum atomic E-state index is -2.01. The second kappa shape index (κ2) is 21.7. The van der Waals surface area contributed by atoms with Gasteiger partial charge in [0.05, 0.1) is 45.7 Å². The summed E-state index contributed by atoms with van der Waals surface area (Å²) in [7, 11) is 0. The minimum Gasteiger partial charge on any atom is -0.394 e. The van der Waals surface area contributed by atoms with Crippen LogP contribution in [-0.2, 0) is 42.6 Å². The average molecular weight is 843 g/mol. The molecule has 25 heteroatoms. The van der Waals surface area contributed by atoms with Gasteiger partial charge in [-0.25, -0.2) is 0 Å². The summed E-state index contributed by atoms with van der Waals surface area (Å²) in [5, 5.41) is 164. The van der Waals surface area contributed by atoms with Crippen LogP contribution in [0.2, 0.25) is 0 Å². The van der Waals surface area contributed by atoms with Crippen LogP contribution < -0.4 is 0 Å². The molecule has 0 aromatic rings. The van der Waals surface area contributed by atoms with Crippen molar-refractivity contribution < 1.29 is 124 Å². The van der Waals surface area contributed by atoms with Crippen molar-refractivity contribution in [3.05, 3.63) is 0 Å². The minimum absolute atomic E-state index is 0.683. The number of hydrogen-bond donors (Lipinski definition) is 16. The van der Waals surface area contributed by atoms with E-state index >= 15 is 0 Å². The maximum absolute atomic E-state index is 11.0. The monoisotopic (exact) mass is 842 g/mol. The van der Waals surface area contributed by atoms with E-state index in [1.165, 1.54) is 13.8 Å². The van der Waals surface area contributed by atoms with E-state index in [1.54, 1.807) is 0 Å². The molecule has 24 atom stereocenters. The van der Waals surface area contributed by atoms with E-state index in [0.29, 0.717) is 0 Å². The van der Waals surface area contributed by atoms with Crippen LogP contribution in [0.15, 0.2) is 0 Å². The van der Waals surface area contributed by atoms with E-state index in [9.17, 15) is 81.7 Å². The van der Waals surface area contributed by atoms with Gasteiger partial charge in [0.2, 0.25) is 0 Å². The van der Waals surface area contributed by atoms with Gasteiger partial charge in [-0.05, 0) is 6.92 Å². The fraction of sp³-hybridized carbons (Fsp3) is 1.00. The van der Waals surface area contributed by atoms with Gasteiger partial charge in [-0.15, -0.1) is 0 Å². The van der Waals surface area contributed by atoms with Gasteiger partial charge in [0, 0.05) is 5.92 Å². The predicted molar refractivity (Wildman–Crippen MR) is 176 cm³/mol. The Morgan fingerprint density at radius 3 is 1.58 bits per heavy atom. The van der Waals surface area contributed by atoms with Crippen molar-refractivity contribution in [2.75, 3.05) is 39.6 Å². The van der Waals surface area contributed by atoms with Gasteiger partial charge in [0.25, 0.3) is 0 Å². The van der Waals surface area contributed by atoms with E-state index < -0.39 is 187 Å². The molecule has 336 valence electrons. The molecule has 25 nitrogen and oxygen atoms in total. The first-order valence-corrected chi connectivity index (χ1v) is 18.3. The van der Waals surface area contributed by atoms with Gasteiger partial charge in [0.1, 0.15) is 104 Å². The lowest BCUT2D eigenvalue weighted by Crippen LogP contribution is -2.65. The average Bonchev–Trinajstić information content (AvgIpc) is 3.19. The first-order chi connectivity index (χ1) is 26.9. The number of ether oxygens (including phenoxy) is 9. The highest BCUT2D eigenvalue weighted by atomic mass is 16.8. The zero-order valence-electron chi connectivity index (χ0n) is 30.9. The summed E-state index contributed by atoms with van der Waals surface area (Å²) in [6.45, 7) is -2.22. The Bertz CT molecular complexity index is 1170. The van der Waals surface area contributed by atoms with Crippen molar-refractivity contribution in [2.45, 2.75) is 155 Å². The number of aliphatic hydroxyl groups excluding tert-OH is 16. The number of hydrogen-bond acceptors (Lipinski definition) is 25. The highest BCUT2D eigenvalue weighted by Crippen LogP contribution is 2.34. The maximum atomic E-state index is 11.0. The quantitative estimate of drug-likeness (QED) is 0.0570. The normalized spacial score (nSPS) is 46.6. The molecule has 0 radical (unpaired) electrons. The van der Waals surface area contributed by atoms with Crippen LogP contribution in [0, 0.1) is 5.92 Å². The summed E-state index contributed by atoms with van der Waals surface area (Å²) < 4.78 is 49.8. The zero-order valence-corrected chi connectivity index (χ0v) is 30.9. The van der Waals surface area contributed by atoms with Crippen molar-refractivity contribution in [3.63, 3.8) is 0 Å². The molecule has 4 aliphatic heterocycles. The Morgan fingerprint density at radius 2 is 1.02 bits per heavy atom. The van der Waals surface area contributed by atoms with Gasteiger partial charge >= 0.3 is 0 Å². The summed E-state index contributed by atoms with van der Waals surface area (Å²) in [6.07, 6.45) is -38.4. The first kappa shape index (κ1) is 48.7. The molecule has 4 rings (SSSR count). The molecule has 0 aromatic carbocycles. The second-order valence-corrected chi connectivity index (χ2v) is 14.4. The van der Waals surface area contributed by atoms with Crippen LogP contribution in [0.5, 0.6) is 0 Å². The Hall–Kier alpha value is -1.00. The second-order valence-electron chi connectivity index (χ2n) is 14.4. The molecule has 4 fully saturated rings. The van der Waals surface area contributed by atoms with Gasteiger partial charge in [0.15, 0.2) is 31.5 Å². The van der Waals surface area contributed by atoms with Crippen molar-refractivity contribution in [1.29, 1.82) is 0 Å². The fourth-order valence-corrected chi connectivity index (χ4v) is 6.80. The lowest BCUT2D eigenvalue weighted by Gasteiger charge is -2.47. The Morgan fingerprint density at radius 1 is 0.526 bits per heavy atom. The van der Waals surface area contributed by atoms with Crippen molar-refractivity contribution in [2.24, 2.45) is 5.92 Å². The Labute approximate surface area is 325 Å². The van der Waals surface area contributed by atoms with E-state index in [0.717, 1.165) is 0 Å². The van der Waals surface area contributed by atoms with E-state index in [-0.39, 0.29) is 0 Å². The van der Waals surface area contributed by atoms with Crippen molar-refractivity contribution in [1.82, 2.24) is 0 Å². The van der Waals surface area contributed by atoms with Crippen molar-refractivity contribution >= 4 is 0 Å². The lowest BCUT2D eigenvalue weighted by molar-refractivity contribution is -0.370. The van der Waals surface area contributed by atoms with Gasteiger partial charge in [-0.2, -0.15) is 0 Å². The molecule has 9 unspecified atom stereocenters. The van der Waals surface area contributed by atoms with Crippen LogP contribution in [0.3, 0.4) is 0 Å². The highest BCUT2D eigenvalue weighted by molar-refractivity contribution is 4.96. The van der Waals surface area contributed by atoms with Crippen LogP contribution in [0.4, 0.5) is 0 Å². The first-order valence-electron chi connectivity index (χ1n) is 18.3. The third-order valence-electron chi connectivity index (χ3n) is 10.3. The smallest absolute Gasteiger partial charge is 0.187 e. The molecule has 4 saturated heterocycles. The summed E-state index contributed by atoms with van der Waals surface area (Å²) in [5.74, 6) is -0.966. The van der Waals surface area contributed by atoms with Crippen LogP contribution in [-0.4, -0.2) is 263 Å². The molecular weight excluding hydrogens is 784 g/mol. The third kappa shape index (κ3) is 11.1. The third-order valence-corrected chi connectivity index (χ3v) is 10.3. The SMILES string of the molecule is CC1[C@H](OC[C@@H](O)C(CO)O[C@H](O[C@H]2C(CO)O[C@@H](O[C@@H]3C(CO)O[C@@H](O)[C@@H](O)C3O)[C@@H](O)C2O)[C@H](C)O)OC(CO)[C@H](O)[C@@H]1O[C@@H]1OC(CO)[C@H](O)C(O)[C@@H]1O. The molecule has 0 aliphatic carbocycles. The van der Waals surface area contributed by atoms with Crippen LogP contribution in [0.25, 0.3) is 0 Å². The standard InChI is InChI=1S/C32H58O25/c1-9-25(55-31-23(46)19(42)17(40)13(4-34)53-31)18(41)14(5-35)52-29(9)49-8-11(39)12(3-33)51-30(10(2)38)56-27-16(7-37)54-32(24(47)21(27)44)57-26-15(6-36)50-28(48)22(45)20(26)43/h9-48H,3-8H2,1-2H3/t9?,10-,11+,12?,13?,14?,15?,16?,17-,18-,19?,20?,21?,22-,23-,24-,25+,26+,27-,28+,29+,30+,31-,32-/m0/s1. The Kier molecular flexibility index (Phi) is 18.5. The molecule has 57 heavy (non-hydrogen) atoms. The predicted octanol–water partition coefficient (Wildman–Crippen LogP) is -10.0. The topological polar surface area (TPSA) is 407 Å². The molecule has 4 aliphatic rings. The molecule has 16 N–H and O–H groups in total. The van der Waals surface area contributed by atoms with E-state index in [2.05, 4.69) is 0 Å². The molecule has 0 aromatic heterocycles. The van der Waals surface area contributed by atoms with Crippen LogP contribution >= 0.6 is 0 Å². The van der Waals surface area contributed by atoms with Crippen molar-refractivity contribution in [3.8, 4) is 0 Å². The highest BCUT2D eigenvalue weighted by Gasteiger charge is 2.53. The number of rotatable bonds is 18. The number of aliphatic hydroxyl groups is 16. The summed E-state index contributed by atoms with van der Waals surface area (Å²) in [5.41, 5.74) is 0. The zero-order chi connectivity index (χ0) is 42.5. The maximum Gasteiger partial charge on any atom is 0.187 e. The van der Waals surface area contributed by atoms with E-state index in [4.69, 9.17) is 42.6 Å². The van der Waals surface area contributed by atoms with Gasteiger partial charge in [-0.1, -0.05) is 6.92 Å². The lowest BCUT2D eigenvalue weighted by atomic mass is 9.91. The molecular formula is C32H58O25.